The number of benzene rings is 1. The Bertz CT molecular complexity index is 757. The van der Waals surface area contributed by atoms with Gasteiger partial charge in [-0.3, -0.25) is 4.79 Å². The van der Waals surface area contributed by atoms with E-state index in [2.05, 4.69) is 51.7 Å². The van der Waals surface area contributed by atoms with Crippen molar-refractivity contribution in [3.05, 3.63) is 53.2 Å². The van der Waals surface area contributed by atoms with Gasteiger partial charge in [0.15, 0.2) is 5.82 Å². The molecule has 0 bridgehead atoms. The molecule has 1 saturated heterocycles. The molecule has 0 saturated carbocycles. The van der Waals surface area contributed by atoms with Crippen molar-refractivity contribution in [2.75, 3.05) is 25.0 Å². The van der Waals surface area contributed by atoms with E-state index in [-0.39, 0.29) is 18.0 Å². The second-order valence-corrected chi connectivity index (χ2v) is 7.58. The number of anilines is 1. The van der Waals surface area contributed by atoms with E-state index < -0.39 is 0 Å². The number of hydrogen-bond donors (Lipinski definition) is 2. The number of hydrogen-bond acceptors (Lipinski definition) is 5. The molecule has 2 heterocycles. The predicted octanol–water partition coefficient (Wildman–Crippen LogP) is 2.04. The van der Waals surface area contributed by atoms with Gasteiger partial charge >= 0.3 is 0 Å². The Kier molecular flexibility index (Phi) is 6.06. The highest BCUT2D eigenvalue weighted by Gasteiger charge is 2.33. The molecule has 2 atom stereocenters. The molecule has 1 aliphatic rings. The second kappa shape index (κ2) is 8.48. The number of carbonyl (C=O) groups is 1. The SMILES string of the molecule is CN[C@H]1CN(c2ccc(C)nn2)C[C@H]1NC(=O)Cc1ccc(C(C)C)cc1. The summed E-state index contributed by atoms with van der Waals surface area (Å²) in [5.41, 5.74) is 3.23. The van der Waals surface area contributed by atoms with Crippen molar-refractivity contribution >= 4 is 11.7 Å². The number of amides is 1. The van der Waals surface area contributed by atoms with Gasteiger partial charge in [-0.1, -0.05) is 38.1 Å². The van der Waals surface area contributed by atoms with E-state index in [4.69, 9.17) is 0 Å². The van der Waals surface area contributed by atoms with E-state index in [9.17, 15) is 4.79 Å². The molecule has 3 rings (SSSR count). The van der Waals surface area contributed by atoms with Gasteiger partial charge in [0.05, 0.1) is 18.2 Å². The predicted molar refractivity (Wildman–Crippen MR) is 108 cm³/mol. The van der Waals surface area contributed by atoms with Crippen molar-refractivity contribution in [2.45, 2.75) is 45.2 Å². The van der Waals surface area contributed by atoms with Crippen LogP contribution in [-0.2, 0) is 11.2 Å². The molecular weight excluding hydrogens is 338 g/mol. The number of likely N-dealkylation sites (N-methyl/N-ethyl adjacent to an activating group) is 1. The van der Waals surface area contributed by atoms with Crippen LogP contribution in [0, 0.1) is 6.92 Å². The Labute approximate surface area is 161 Å². The lowest BCUT2D eigenvalue weighted by Gasteiger charge is -2.19. The van der Waals surface area contributed by atoms with Gasteiger partial charge in [-0.15, -0.1) is 5.10 Å². The van der Waals surface area contributed by atoms with Crippen molar-refractivity contribution in [3.63, 3.8) is 0 Å². The minimum absolute atomic E-state index is 0.0422. The van der Waals surface area contributed by atoms with Gasteiger partial charge in [0.25, 0.3) is 0 Å². The first-order valence-electron chi connectivity index (χ1n) is 9.57. The zero-order chi connectivity index (χ0) is 19.4. The van der Waals surface area contributed by atoms with Crippen molar-refractivity contribution in [1.29, 1.82) is 0 Å². The van der Waals surface area contributed by atoms with E-state index in [0.29, 0.717) is 12.3 Å². The van der Waals surface area contributed by atoms with Crippen molar-refractivity contribution < 1.29 is 4.79 Å². The first kappa shape index (κ1) is 19.3. The number of aryl methyl sites for hydroxylation is 1. The summed E-state index contributed by atoms with van der Waals surface area (Å²) in [6, 6.07) is 12.5. The summed E-state index contributed by atoms with van der Waals surface area (Å²) in [7, 11) is 1.93. The van der Waals surface area contributed by atoms with Crippen LogP contribution >= 0.6 is 0 Å². The summed E-state index contributed by atoms with van der Waals surface area (Å²) >= 11 is 0. The highest BCUT2D eigenvalue weighted by molar-refractivity contribution is 5.79. The monoisotopic (exact) mass is 367 g/mol. The third kappa shape index (κ3) is 4.83. The maximum atomic E-state index is 12.6. The largest absolute Gasteiger partial charge is 0.351 e. The number of rotatable bonds is 6. The second-order valence-electron chi connectivity index (χ2n) is 7.58. The molecule has 2 N–H and O–H groups in total. The Balaban J connectivity index is 1.59. The molecule has 0 spiro atoms. The van der Waals surface area contributed by atoms with E-state index in [1.165, 1.54) is 5.56 Å². The van der Waals surface area contributed by atoms with Crippen LogP contribution in [-0.4, -0.2) is 48.3 Å². The molecule has 1 aromatic carbocycles. The van der Waals surface area contributed by atoms with Crippen LogP contribution in [0.5, 0.6) is 0 Å². The van der Waals surface area contributed by atoms with E-state index in [0.717, 1.165) is 30.2 Å². The molecule has 6 heteroatoms. The minimum atomic E-state index is 0.0422. The summed E-state index contributed by atoms with van der Waals surface area (Å²) in [5, 5.41) is 14.9. The van der Waals surface area contributed by atoms with Crippen LogP contribution in [0.2, 0.25) is 0 Å². The fourth-order valence-electron chi connectivity index (χ4n) is 3.45. The lowest BCUT2D eigenvalue weighted by molar-refractivity contribution is -0.121. The summed E-state index contributed by atoms with van der Waals surface area (Å²) in [5.74, 6) is 1.40. The maximum Gasteiger partial charge on any atom is 0.224 e. The van der Waals surface area contributed by atoms with Crippen LogP contribution in [0.25, 0.3) is 0 Å². The topological polar surface area (TPSA) is 70.2 Å². The maximum absolute atomic E-state index is 12.6. The Morgan fingerprint density at radius 3 is 2.41 bits per heavy atom. The number of carbonyl (C=O) groups excluding carboxylic acids is 1. The highest BCUT2D eigenvalue weighted by Crippen LogP contribution is 2.18. The van der Waals surface area contributed by atoms with Gasteiger partial charge in [0.2, 0.25) is 5.91 Å². The van der Waals surface area contributed by atoms with Gasteiger partial charge in [0, 0.05) is 19.1 Å². The van der Waals surface area contributed by atoms with E-state index in [1.807, 2.05) is 38.2 Å². The average molecular weight is 367 g/mol. The molecule has 1 amide bonds. The molecule has 6 nitrogen and oxygen atoms in total. The summed E-state index contributed by atoms with van der Waals surface area (Å²) in [4.78, 5) is 14.7. The van der Waals surface area contributed by atoms with Crippen LogP contribution in [0.3, 0.4) is 0 Å². The molecule has 0 aliphatic carbocycles. The number of nitrogens with one attached hydrogen (secondary N) is 2. The fourth-order valence-corrected chi connectivity index (χ4v) is 3.45. The van der Waals surface area contributed by atoms with Gasteiger partial charge in [-0.25, -0.2) is 0 Å². The number of nitrogens with zero attached hydrogens (tertiary/aromatic N) is 3. The third-order valence-electron chi connectivity index (χ3n) is 5.16. The normalized spacial score (nSPS) is 19.5. The molecule has 1 aliphatic heterocycles. The number of aromatic nitrogens is 2. The van der Waals surface area contributed by atoms with Crippen molar-refractivity contribution in [2.24, 2.45) is 0 Å². The zero-order valence-corrected chi connectivity index (χ0v) is 16.6. The van der Waals surface area contributed by atoms with Gasteiger partial charge < -0.3 is 15.5 Å². The average Bonchev–Trinajstić information content (AvgIpc) is 3.05. The lowest BCUT2D eigenvalue weighted by atomic mass is 10.0. The quantitative estimate of drug-likeness (QED) is 0.818. The summed E-state index contributed by atoms with van der Waals surface area (Å²) in [6.07, 6.45) is 0.398. The standard InChI is InChI=1S/C21H29N5O/c1-14(2)17-8-6-16(7-9-17)11-21(27)23-19-13-26(12-18(19)22-4)20-10-5-15(3)24-25-20/h5-10,14,18-19,22H,11-13H2,1-4H3,(H,23,27)/t18-,19+/m0/s1. The lowest BCUT2D eigenvalue weighted by Crippen LogP contribution is -2.48. The molecule has 0 unspecified atom stereocenters. The Hall–Kier alpha value is -2.47. The van der Waals surface area contributed by atoms with Crippen LogP contribution < -0.4 is 15.5 Å². The van der Waals surface area contributed by atoms with E-state index >= 15 is 0 Å². The van der Waals surface area contributed by atoms with E-state index in [1.54, 1.807) is 0 Å². The molecule has 1 aromatic heterocycles. The Morgan fingerprint density at radius 1 is 1.11 bits per heavy atom. The van der Waals surface area contributed by atoms with Crippen molar-refractivity contribution in [1.82, 2.24) is 20.8 Å². The molecular formula is C21H29N5O. The molecule has 27 heavy (non-hydrogen) atoms. The first-order chi connectivity index (χ1) is 13.0. The molecule has 2 aromatic rings. The molecule has 0 radical (unpaired) electrons. The molecule has 1 fully saturated rings. The smallest absolute Gasteiger partial charge is 0.224 e. The Morgan fingerprint density at radius 2 is 1.81 bits per heavy atom. The molecule has 144 valence electrons. The van der Waals surface area contributed by atoms with Crippen molar-refractivity contribution in [3.8, 4) is 0 Å². The highest BCUT2D eigenvalue weighted by atomic mass is 16.1. The third-order valence-corrected chi connectivity index (χ3v) is 5.16. The van der Waals surface area contributed by atoms with Gasteiger partial charge in [-0.05, 0) is 43.1 Å². The van der Waals surface area contributed by atoms with Crippen LogP contribution in [0.15, 0.2) is 36.4 Å². The summed E-state index contributed by atoms with van der Waals surface area (Å²) < 4.78 is 0. The van der Waals surface area contributed by atoms with Crippen LogP contribution in [0.4, 0.5) is 5.82 Å². The first-order valence-corrected chi connectivity index (χ1v) is 9.57. The van der Waals surface area contributed by atoms with Crippen LogP contribution in [0.1, 0.15) is 36.6 Å². The zero-order valence-electron chi connectivity index (χ0n) is 16.6. The summed E-state index contributed by atoms with van der Waals surface area (Å²) in [6.45, 7) is 7.78. The fraction of sp³-hybridized carbons (Fsp3) is 0.476. The minimum Gasteiger partial charge on any atom is -0.351 e. The van der Waals surface area contributed by atoms with Gasteiger partial charge in [0.1, 0.15) is 0 Å². The van der Waals surface area contributed by atoms with Gasteiger partial charge in [-0.2, -0.15) is 5.10 Å².